The van der Waals surface area contributed by atoms with Crippen LogP contribution in [0.15, 0.2) is 30.9 Å². The zero-order chi connectivity index (χ0) is 21.7. The van der Waals surface area contributed by atoms with Crippen molar-refractivity contribution in [3.8, 4) is 29.0 Å². The van der Waals surface area contributed by atoms with Gasteiger partial charge in [0.15, 0.2) is 5.82 Å². The summed E-state index contributed by atoms with van der Waals surface area (Å²) >= 11 is 6.12. The Morgan fingerprint density at radius 1 is 1.23 bits per heavy atom. The molecule has 0 saturated heterocycles. The van der Waals surface area contributed by atoms with Crippen LogP contribution in [0.25, 0.3) is 11.1 Å². The molecule has 3 aromatic rings. The van der Waals surface area contributed by atoms with Crippen molar-refractivity contribution >= 4 is 23.2 Å². The molecular weight excluding hydrogens is 409 g/mol. The maximum absolute atomic E-state index is 14.9. The number of pyridine rings is 1. The Kier molecular flexibility index (Phi) is 6.26. The molecule has 0 bridgehead atoms. The van der Waals surface area contributed by atoms with Gasteiger partial charge >= 0.3 is 0 Å². The van der Waals surface area contributed by atoms with Crippen LogP contribution < -0.4 is 15.8 Å². The molecule has 0 aliphatic rings. The number of halogens is 2. The summed E-state index contributed by atoms with van der Waals surface area (Å²) in [5.41, 5.74) is 7.21. The van der Waals surface area contributed by atoms with Crippen LogP contribution in [0.3, 0.4) is 0 Å². The maximum Gasteiger partial charge on any atom is 0.153 e. The summed E-state index contributed by atoms with van der Waals surface area (Å²) in [6.45, 7) is 0.333. The minimum absolute atomic E-state index is 0.0737. The van der Waals surface area contributed by atoms with E-state index in [1.165, 1.54) is 38.0 Å². The van der Waals surface area contributed by atoms with E-state index in [4.69, 9.17) is 27.3 Å². The molecule has 10 heteroatoms. The van der Waals surface area contributed by atoms with Crippen LogP contribution in [0.1, 0.15) is 16.7 Å². The molecule has 0 aliphatic carbocycles. The van der Waals surface area contributed by atoms with Gasteiger partial charge in [0.25, 0.3) is 0 Å². The standard InChI is InChI=1S/C20H15ClFN7O/c1-30-18-12(2-3-27-20-14(7-24)19(25)28-10-29-20)5-15(21)17(22)16(18)13-4-11(6-23)8-26-9-13/h4-5,8-10H,2-3H2,1H3,(H3,25,27,28,29). The number of aromatic nitrogens is 3. The molecule has 0 unspecified atom stereocenters. The van der Waals surface area contributed by atoms with Crippen molar-refractivity contribution in [1.82, 2.24) is 15.0 Å². The third-order valence-corrected chi connectivity index (χ3v) is 4.56. The summed E-state index contributed by atoms with van der Waals surface area (Å²) in [6, 6.07) is 6.91. The highest BCUT2D eigenvalue weighted by Gasteiger charge is 2.20. The van der Waals surface area contributed by atoms with E-state index in [-0.39, 0.29) is 33.3 Å². The molecule has 2 heterocycles. The first-order valence-electron chi connectivity index (χ1n) is 8.65. The van der Waals surface area contributed by atoms with E-state index in [0.717, 1.165) is 0 Å². The maximum atomic E-state index is 14.9. The van der Waals surface area contributed by atoms with Crippen molar-refractivity contribution < 1.29 is 9.13 Å². The van der Waals surface area contributed by atoms with Gasteiger partial charge in [-0.15, -0.1) is 0 Å². The predicted octanol–water partition coefficient (Wildman–Crippen LogP) is 3.32. The van der Waals surface area contributed by atoms with Crippen molar-refractivity contribution in [2.45, 2.75) is 6.42 Å². The lowest BCUT2D eigenvalue weighted by atomic mass is 9.99. The van der Waals surface area contributed by atoms with E-state index < -0.39 is 5.82 Å². The lowest BCUT2D eigenvalue weighted by Gasteiger charge is -2.16. The minimum atomic E-state index is -0.669. The van der Waals surface area contributed by atoms with E-state index in [2.05, 4.69) is 20.3 Å². The number of hydrogen-bond donors (Lipinski definition) is 2. The van der Waals surface area contributed by atoms with Crippen LogP contribution in [-0.4, -0.2) is 28.6 Å². The summed E-state index contributed by atoms with van der Waals surface area (Å²) in [6.07, 6.45) is 4.43. The second-order valence-electron chi connectivity index (χ2n) is 6.08. The Labute approximate surface area is 176 Å². The molecule has 1 aromatic carbocycles. The molecule has 0 amide bonds. The number of ether oxygens (including phenoxy) is 1. The second kappa shape index (κ2) is 9.03. The van der Waals surface area contributed by atoms with Gasteiger partial charge in [-0.05, 0) is 24.1 Å². The normalized spacial score (nSPS) is 10.2. The molecule has 0 spiro atoms. The number of methoxy groups -OCH3 is 1. The Morgan fingerprint density at radius 2 is 2.03 bits per heavy atom. The first-order valence-corrected chi connectivity index (χ1v) is 9.02. The number of nitrogens with one attached hydrogen (secondary N) is 1. The van der Waals surface area contributed by atoms with Gasteiger partial charge in [0, 0.05) is 24.5 Å². The van der Waals surface area contributed by atoms with Gasteiger partial charge in [0.1, 0.15) is 41.4 Å². The zero-order valence-corrected chi connectivity index (χ0v) is 16.5. The summed E-state index contributed by atoms with van der Waals surface area (Å²) in [4.78, 5) is 11.8. The van der Waals surface area contributed by atoms with E-state index in [0.29, 0.717) is 29.9 Å². The SMILES string of the molecule is COc1c(CCNc2ncnc(N)c2C#N)cc(Cl)c(F)c1-c1cncc(C#N)c1. The summed E-state index contributed by atoms with van der Waals surface area (Å²) < 4.78 is 20.3. The van der Waals surface area contributed by atoms with Crippen molar-refractivity contribution in [2.75, 3.05) is 24.7 Å². The first kappa shape index (κ1) is 20.8. The van der Waals surface area contributed by atoms with Crippen LogP contribution in [-0.2, 0) is 6.42 Å². The quantitative estimate of drug-likeness (QED) is 0.616. The van der Waals surface area contributed by atoms with Crippen LogP contribution >= 0.6 is 11.6 Å². The average Bonchev–Trinajstić information content (AvgIpc) is 2.76. The smallest absolute Gasteiger partial charge is 0.153 e. The molecule has 0 radical (unpaired) electrons. The molecule has 3 N–H and O–H groups in total. The minimum Gasteiger partial charge on any atom is -0.496 e. The van der Waals surface area contributed by atoms with Gasteiger partial charge in [-0.25, -0.2) is 14.4 Å². The van der Waals surface area contributed by atoms with Crippen molar-refractivity contribution in [3.63, 3.8) is 0 Å². The number of rotatable bonds is 6. The molecule has 0 aliphatic heterocycles. The molecule has 3 rings (SSSR count). The van der Waals surface area contributed by atoms with Gasteiger partial charge < -0.3 is 15.8 Å². The van der Waals surface area contributed by atoms with Gasteiger partial charge in [-0.1, -0.05) is 11.6 Å². The highest BCUT2D eigenvalue weighted by molar-refractivity contribution is 6.31. The van der Waals surface area contributed by atoms with Crippen LogP contribution in [0.2, 0.25) is 5.02 Å². The largest absolute Gasteiger partial charge is 0.496 e. The number of benzene rings is 1. The Balaban J connectivity index is 1.95. The van der Waals surface area contributed by atoms with Crippen molar-refractivity contribution in [1.29, 1.82) is 10.5 Å². The lowest BCUT2D eigenvalue weighted by Crippen LogP contribution is -2.11. The van der Waals surface area contributed by atoms with E-state index in [9.17, 15) is 9.65 Å². The van der Waals surface area contributed by atoms with Crippen molar-refractivity contribution in [3.05, 3.63) is 58.4 Å². The Bertz CT molecular complexity index is 1190. The second-order valence-corrected chi connectivity index (χ2v) is 6.49. The molecule has 0 saturated carbocycles. The fourth-order valence-corrected chi connectivity index (χ4v) is 3.16. The molecule has 0 fully saturated rings. The van der Waals surface area contributed by atoms with Crippen molar-refractivity contribution in [2.24, 2.45) is 0 Å². The highest BCUT2D eigenvalue weighted by Crippen LogP contribution is 2.39. The Morgan fingerprint density at radius 3 is 2.73 bits per heavy atom. The summed E-state index contributed by atoms with van der Waals surface area (Å²) in [5, 5.41) is 21.2. The molecular formula is C20H15ClFN7O. The third kappa shape index (κ3) is 4.07. The molecule has 30 heavy (non-hydrogen) atoms. The molecule has 8 nitrogen and oxygen atoms in total. The first-order chi connectivity index (χ1) is 14.5. The monoisotopic (exact) mass is 423 g/mol. The highest BCUT2D eigenvalue weighted by atomic mass is 35.5. The van der Waals surface area contributed by atoms with Crippen LogP contribution in [0.5, 0.6) is 5.75 Å². The Hall–Kier alpha value is -3.95. The fourth-order valence-electron chi connectivity index (χ4n) is 2.94. The summed E-state index contributed by atoms with van der Waals surface area (Å²) in [5.74, 6) is -0.0244. The molecule has 150 valence electrons. The number of anilines is 2. The number of nitrogens with zero attached hydrogens (tertiary/aromatic N) is 5. The summed E-state index contributed by atoms with van der Waals surface area (Å²) in [7, 11) is 1.42. The predicted molar refractivity (Wildman–Crippen MR) is 109 cm³/mol. The number of nitrogen functional groups attached to an aromatic ring is 1. The number of hydrogen-bond acceptors (Lipinski definition) is 8. The third-order valence-electron chi connectivity index (χ3n) is 4.28. The fraction of sp³-hybridized carbons (Fsp3) is 0.150. The number of nitriles is 2. The van der Waals surface area contributed by atoms with Gasteiger partial charge in [0.05, 0.1) is 23.3 Å². The lowest BCUT2D eigenvalue weighted by molar-refractivity contribution is 0.408. The molecule has 2 aromatic heterocycles. The molecule has 0 atom stereocenters. The van der Waals surface area contributed by atoms with Gasteiger partial charge in [-0.2, -0.15) is 10.5 Å². The number of nitrogens with two attached hydrogens (primary N) is 1. The van der Waals surface area contributed by atoms with Gasteiger partial charge in [-0.3, -0.25) is 4.98 Å². The van der Waals surface area contributed by atoms with E-state index in [1.54, 1.807) is 0 Å². The zero-order valence-electron chi connectivity index (χ0n) is 15.8. The van der Waals surface area contributed by atoms with Crippen LogP contribution in [0.4, 0.5) is 16.0 Å². The van der Waals surface area contributed by atoms with Gasteiger partial charge in [0.2, 0.25) is 0 Å². The van der Waals surface area contributed by atoms with Crippen LogP contribution in [0, 0.1) is 28.5 Å². The van der Waals surface area contributed by atoms with E-state index in [1.807, 2.05) is 12.1 Å². The van der Waals surface area contributed by atoms with E-state index >= 15 is 0 Å². The average molecular weight is 424 g/mol. The topological polar surface area (TPSA) is 134 Å².